The van der Waals surface area contributed by atoms with Gasteiger partial charge in [0.15, 0.2) is 0 Å². The number of piperidine rings is 1. The highest BCUT2D eigenvalue weighted by Gasteiger charge is 2.27. The number of carbonyl (C=O) groups excluding carboxylic acids is 1. The Morgan fingerprint density at radius 1 is 1.35 bits per heavy atom. The van der Waals surface area contributed by atoms with Gasteiger partial charge in [-0.1, -0.05) is 0 Å². The molecule has 0 radical (unpaired) electrons. The van der Waals surface area contributed by atoms with Gasteiger partial charge in [-0.25, -0.2) is 15.1 Å². The third-order valence-electron chi connectivity index (χ3n) is 3.43. The van der Waals surface area contributed by atoms with Gasteiger partial charge in [-0.15, -0.1) is 0 Å². The molecule has 9 heteroatoms. The molecule has 3 heterocycles. The lowest BCUT2D eigenvalue weighted by Gasteiger charge is -2.32. The highest BCUT2D eigenvalue weighted by Crippen LogP contribution is 2.17. The quantitative estimate of drug-likeness (QED) is 0.853. The Morgan fingerprint density at radius 3 is 2.83 bits per heavy atom. The summed E-state index contributed by atoms with van der Waals surface area (Å²) in [6.07, 6.45) is 4.69. The molecule has 0 aromatic carbocycles. The van der Waals surface area contributed by atoms with E-state index in [1.165, 1.54) is 12.1 Å². The number of hydrogen-bond acceptors (Lipinski definition) is 6. The fraction of sp³-hybridized carbons (Fsp3) is 0.357. The molecule has 0 spiro atoms. The summed E-state index contributed by atoms with van der Waals surface area (Å²) in [6, 6.07) is 2.99. The average Bonchev–Trinajstić information content (AvgIpc) is 2.57. The van der Waals surface area contributed by atoms with Crippen molar-refractivity contribution in [1.82, 2.24) is 25.1 Å². The van der Waals surface area contributed by atoms with Crippen LogP contribution < -0.4 is 10.3 Å². The second kappa shape index (κ2) is 6.86. The minimum atomic E-state index is -0.339. The number of halogens is 1. The van der Waals surface area contributed by atoms with Gasteiger partial charge in [-0.2, -0.15) is 5.10 Å². The normalized spacial score (nSPS) is 17.8. The van der Waals surface area contributed by atoms with Crippen molar-refractivity contribution in [2.45, 2.75) is 18.9 Å². The summed E-state index contributed by atoms with van der Waals surface area (Å²) in [6.45, 7) is 1.06. The van der Waals surface area contributed by atoms with E-state index in [2.05, 4.69) is 36.1 Å². The summed E-state index contributed by atoms with van der Waals surface area (Å²) in [5, 5.41) is 6.04. The van der Waals surface area contributed by atoms with Gasteiger partial charge in [-0.3, -0.25) is 9.59 Å². The Kier molecular flexibility index (Phi) is 4.65. The van der Waals surface area contributed by atoms with E-state index in [4.69, 9.17) is 4.74 Å². The Bertz CT molecular complexity index is 728. The molecule has 0 bridgehead atoms. The predicted octanol–water partition coefficient (Wildman–Crippen LogP) is 1.01. The number of ether oxygens (including phenoxy) is 1. The van der Waals surface area contributed by atoms with Crippen molar-refractivity contribution >= 4 is 21.8 Å². The molecule has 1 aliphatic heterocycles. The van der Waals surface area contributed by atoms with Gasteiger partial charge < -0.3 is 9.64 Å². The molecule has 8 nitrogen and oxygen atoms in total. The van der Waals surface area contributed by atoms with Crippen molar-refractivity contribution in [1.29, 1.82) is 0 Å². The van der Waals surface area contributed by atoms with Gasteiger partial charge in [0.05, 0.1) is 11.0 Å². The van der Waals surface area contributed by atoms with Crippen LogP contribution in [0.5, 0.6) is 6.01 Å². The van der Waals surface area contributed by atoms with Crippen LogP contribution in [0.4, 0.5) is 0 Å². The molecule has 3 rings (SSSR count). The largest absolute Gasteiger partial charge is 0.458 e. The molecule has 1 atom stereocenters. The number of nitrogens with zero attached hydrogens (tertiary/aromatic N) is 4. The van der Waals surface area contributed by atoms with Crippen LogP contribution in [0.25, 0.3) is 0 Å². The summed E-state index contributed by atoms with van der Waals surface area (Å²) in [7, 11) is 0. The minimum absolute atomic E-state index is 0.170. The van der Waals surface area contributed by atoms with E-state index in [0.29, 0.717) is 13.1 Å². The summed E-state index contributed by atoms with van der Waals surface area (Å²) in [5.74, 6) is -0.230. The van der Waals surface area contributed by atoms with Crippen molar-refractivity contribution < 1.29 is 9.53 Å². The standard InChI is InChI=1S/C14H14BrN5O3/c15-9-6-16-14(17-7-9)23-10-2-1-5-20(8-10)13(22)11-3-4-12(21)19-18-11/h3-4,6-7,10H,1-2,5,8H2,(H,19,21). The lowest BCUT2D eigenvalue weighted by atomic mass is 10.1. The molecule has 1 fully saturated rings. The Morgan fingerprint density at radius 2 is 2.13 bits per heavy atom. The van der Waals surface area contributed by atoms with Crippen molar-refractivity contribution in [3.05, 3.63) is 45.0 Å². The van der Waals surface area contributed by atoms with Gasteiger partial charge in [0, 0.05) is 25.0 Å². The topological polar surface area (TPSA) is 101 Å². The first-order valence-corrected chi connectivity index (χ1v) is 7.90. The van der Waals surface area contributed by atoms with Gasteiger partial charge in [0.25, 0.3) is 11.5 Å². The number of aromatic amines is 1. The number of hydrogen-bond donors (Lipinski definition) is 1. The fourth-order valence-corrected chi connectivity index (χ4v) is 2.56. The number of amides is 1. The van der Waals surface area contributed by atoms with Crippen LogP contribution >= 0.6 is 15.9 Å². The Hall–Kier alpha value is -2.29. The number of carbonyl (C=O) groups is 1. The summed E-state index contributed by atoms with van der Waals surface area (Å²) < 4.78 is 6.50. The zero-order valence-electron chi connectivity index (χ0n) is 12.1. The second-order valence-electron chi connectivity index (χ2n) is 5.12. The average molecular weight is 380 g/mol. The number of nitrogens with one attached hydrogen (secondary N) is 1. The summed E-state index contributed by atoms with van der Waals surface area (Å²) in [4.78, 5) is 33.2. The van der Waals surface area contributed by atoms with Gasteiger partial charge in [0.2, 0.25) is 0 Å². The van der Waals surface area contributed by atoms with E-state index < -0.39 is 0 Å². The highest BCUT2D eigenvalue weighted by molar-refractivity contribution is 9.10. The van der Waals surface area contributed by atoms with E-state index in [1.54, 1.807) is 17.3 Å². The second-order valence-corrected chi connectivity index (χ2v) is 6.04. The van der Waals surface area contributed by atoms with Gasteiger partial charge in [0.1, 0.15) is 11.8 Å². The van der Waals surface area contributed by atoms with Crippen LogP contribution in [0.2, 0.25) is 0 Å². The molecular weight excluding hydrogens is 366 g/mol. The van der Waals surface area contributed by atoms with Crippen molar-refractivity contribution in [3.8, 4) is 6.01 Å². The first-order chi connectivity index (χ1) is 11.1. The minimum Gasteiger partial charge on any atom is -0.458 e. The molecule has 1 saturated heterocycles. The maximum absolute atomic E-state index is 12.4. The third-order valence-corrected chi connectivity index (χ3v) is 3.84. The van der Waals surface area contributed by atoms with E-state index >= 15 is 0 Å². The Balaban J connectivity index is 1.65. The molecule has 1 amide bonds. The molecule has 2 aromatic heterocycles. The van der Waals surface area contributed by atoms with Crippen molar-refractivity contribution in [3.63, 3.8) is 0 Å². The van der Waals surface area contributed by atoms with E-state index in [-0.39, 0.29) is 29.3 Å². The molecule has 1 N–H and O–H groups in total. The molecule has 0 aliphatic carbocycles. The summed E-state index contributed by atoms with van der Waals surface area (Å²) in [5.41, 5.74) is -0.126. The molecule has 23 heavy (non-hydrogen) atoms. The lowest BCUT2D eigenvalue weighted by molar-refractivity contribution is 0.0509. The number of H-pyrrole nitrogens is 1. The van der Waals surface area contributed by atoms with Crippen LogP contribution in [-0.4, -0.2) is 50.2 Å². The first kappa shape index (κ1) is 15.6. The van der Waals surface area contributed by atoms with Crippen LogP contribution in [0.1, 0.15) is 23.3 Å². The number of likely N-dealkylation sites (tertiary alicyclic amines) is 1. The van der Waals surface area contributed by atoms with Crippen LogP contribution in [0.3, 0.4) is 0 Å². The first-order valence-electron chi connectivity index (χ1n) is 7.11. The smallest absolute Gasteiger partial charge is 0.316 e. The van der Waals surface area contributed by atoms with E-state index in [0.717, 1.165) is 17.3 Å². The van der Waals surface area contributed by atoms with Gasteiger partial charge in [-0.05, 0) is 34.8 Å². The highest BCUT2D eigenvalue weighted by atomic mass is 79.9. The van der Waals surface area contributed by atoms with Crippen LogP contribution in [-0.2, 0) is 0 Å². The van der Waals surface area contributed by atoms with Crippen LogP contribution in [0, 0.1) is 0 Å². The molecule has 0 saturated carbocycles. The van der Waals surface area contributed by atoms with Gasteiger partial charge >= 0.3 is 6.01 Å². The SMILES string of the molecule is O=C(c1ccc(=O)[nH]n1)N1CCCC(Oc2ncc(Br)cn2)C1. The van der Waals surface area contributed by atoms with Crippen molar-refractivity contribution in [2.24, 2.45) is 0 Å². The maximum atomic E-state index is 12.4. The summed E-state index contributed by atoms with van der Waals surface area (Å²) >= 11 is 3.26. The molecular formula is C14H14BrN5O3. The monoisotopic (exact) mass is 379 g/mol. The fourth-order valence-electron chi connectivity index (χ4n) is 2.35. The molecule has 120 valence electrons. The number of rotatable bonds is 3. The predicted molar refractivity (Wildman–Crippen MR) is 84.1 cm³/mol. The number of aromatic nitrogens is 4. The zero-order valence-corrected chi connectivity index (χ0v) is 13.7. The van der Waals surface area contributed by atoms with Crippen molar-refractivity contribution in [2.75, 3.05) is 13.1 Å². The van der Waals surface area contributed by atoms with E-state index in [1.807, 2.05) is 0 Å². The van der Waals surface area contributed by atoms with Crippen LogP contribution in [0.15, 0.2) is 33.8 Å². The Labute approximate surface area is 140 Å². The molecule has 1 unspecified atom stereocenters. The van der Waals surface area contributed by atoms with E-state index in [9.17, 15) is 9.59 Å². The zero-order chi connectivity index (χ0) is 16.2. The molecule has 1 aliphatic rings. The molecule has 2 aromatic rings. The third kappa shape index (κ3) is 3.92. The maximum Gasteiger partial charge on any atom is 0.316 e. The lowest BCUT2D eigenvalue weighted by Crippen LogP contribution is -2.45.